The summed E-state index contributed by atoms with van der Waals surface area (Å²) >= 11 is 0. The van der Waals surface area contributed by atoms with E-state index in [2.05, 4.69) is 22.4 Å². The van der Waals surface area contributed by atoms with Crippen molar-refractivity contribution in [3.63, 3.8) is 0 Å². The van der Waals surface area contributed by atoms with Crippen LogP contribution in [-0.4, -0.2) is 18.2 Å². The molecule has 2 heterocycles. The minimum absolute atomic E-state index is 0.714. The van der Waals surface area contributed by atoms with Crippen LogP contribution >= 0.6 is 0 Å². The number of para-hydroxylation sites is 1. The molecule has 0 saturated heterocycles. The summed E-state index contributed by atoms with van der Waals surface area (Å²) in [5.41, 5.74) is 3.35. The molecular formula is C17H20N2O2. The van der Waals surface area contributed by atoms with Crippen molar-refractivity contribution in [2.45, 2.75) is 26.4 Å². The zero-order valence-electron chi connectivity index (χ0n) is 12.3. The highest BCUT2D eigenvalue weighted by molar-refractivity contribution is 5.47. The topological polar surface area (TPSA) is 43.4 Å². The number of pyridine rings is 1. The highest BCUT2D eigenvalue weighted by atomic mass is 16.5. The van der Waals surface area contributed by atoms with Gasteiger partial charge in [-0.1, -0.05) is 18.2 Å². The van der Waals surface area contributed by atoms with E-state index in [0.29, 0.717) is 6.61 Å². The lowest BCUT2D eigenvalue weighted by atomic mass is 10.1. The Labute approximate surface area is 125 Å². The van der Waals surface area contributed by atoms with Gasteiger partial charge in [0.05, 0.1) is 13.2 Å². The maximum atomic E-state index is 5.82. The van der Waals surface area contributed by atoms with Crippen LogP contribution in [-0.2, 0) is 13.1 Å². The van der Waals surface area contributed by atoms with Gasteiger partial charge in [0.25, 0.3) is 0 Å². The summed E-state index contributed by atoms with van der Waals surface area (Å²) in [6.45, 7) is 4.97. The summed E-state index contributed by atoms with van der Waals surface area (Å²) in [5.74, 6) is 1.73. The predicted molar refractivity (Wildman–Crippen MR) is 81.6 cm³/mol. The van der Waals surface area contributed by atoms with Gasteiger partial charge in [0.1, 0.15) is 0 Å². The van der Waals surface area contributed by atoms with Gasteiger partial charge in [-0.2, -0.15) is 0 Å². The van der Waals surface area contributed by atoms with Gasteiger partial charge in [0.2, 0.25) is 0 Å². The fourth-order valence-electron chi connectivity index (χ4n) is 2.34. The number of ether oxygens (including phenoxy) is 2. The van der Waals surface area contributed by atoms with E-state index in [0.717, 1.165) is 48.9 Å². The molecule has 0 atom stereocenters. The van der Waals surface area contributed by atoms with Gasteiger partial charge in [0.15, 0.2) is 11.5 Å². The molecule has 0 bridgehead atoms. The smallest absolute Gasteiger partial charge is 0.165 e. The lowest BCUT2D eigenvalue weighted by Gasteiger charge is -2.13. The van der Waals surface area contributed by atoms with E-state index < -0.39 is 0 Å². The number of aryl methyl sites for hydroxylation is 1. The molecule has 4 nitrogen and oxygen atoms in total. The highest BCUT2D eigenvalue weighted by Gasteiger charge is 2.13. The van der Waals surface area contributed by atoms with Crippen LogP contribution in [0.1, 0.15) is 23.2 Å². The highest BCUT2D eigenvalue weighted by Crippen LogP contribution is 2.33. The summed E-state index contributed by atoms with van der Waals surface area (Å²) in [4.78, 5) is 4.30. The van der Waals surface area contributed by atoms with Crippen molar-refractivity contribution in [2.75, 3.05) is 13.2 Å². The Morgan fingerprint density at radius 3 is 2.86 bits per heavy atom. The average molecular weight is 284 g/mol. The molecule has 1 aliphatic rings. The van der Waals surface area contributed by atoms with E-state index in [9.17, 15) is 0 Å². The maximum absolute atomic E-state index is 5.82. The van der Waals surface area contributed by atoms with Crippen LogP contribution in [0.2, 0.25) is 0 Å². The van der Waals surface area contributed by atoms with Crippen molar-refractivity contribution in [1.29, 1.82) is 0 Å². The van der Waals surface area contributed by atoms with Crippen molar-refractivity contribution in [3.8, 4) is 11.5 Å². The number of rotatable bonds is 4. The van der Waals surface area contributed by atoms with Crippen molar-refractivity contribution in [1.82, 2.24) is 10.3 Å². The maximum Gasteiger partial charge on any atom is 0.165 e. The first-order valence-electron chi connectivity index (χ1n) is 7.32. The van der Waals surface area contributed by atoms with E-state index >= 15 is 0 Å². The second kappa shape index (κ2) is 6.59. The van der Waals surface area contributed by atoms with Crippen molar-refractivity contribution >= 4 is 0 Å². The Kier molecular flexibility index (Phi) is 4.36. The van der Waals surface area contributed by atoms with Crippen LogP contribution in [0.15, 0.2) is 36.5 Å². The number of fused-ring (bicyclic) bond motifs is 1. The first-order valence-corrected chi connectivity index (χ1v) is 7.32. The normalized spacial score (nSPS) is 13.8. The molecule has 0 spiro atoms. The molecule has 0 unspecified atom stereocenters. The van der Waals surface area contributed by atoms with E-state index in [-0.39, 0.29) is 0 Å². The first-order chi connectivity index (χ1) is 10.3. The minimum atomic E-state index is 0.714. The molecule has 110 valence electrons. The molecule has 1 aromatic heterocycles. The van der Waals surface area contributed by atoms with Crippen LogP contribution in [0.3, 0.4) is 0 Å². The van der Waals surface area contributed by atoms with Gasteiger partial charge in [-0.05, 0) is 24.6 Å². The molecule has 0 aliphatic carbocycles. The number of aromatic nitrogens is 1. The molecule has 1 aliphatic heterocycles. The van der Waals surface area contributed by atoms with Gasteiger partial charge in [-0.15, -0.1) is 0 Å². The molecule has 21 heavy (non-hydrogen) atoms. The van der Waals surface area contributed by atoms with Crippen molar-refractivity contribution < 1.29 is 9.47 Å². The number of hydrogen-bond acceptors (Lipinski definition) is 4. The zero-order chi connectivity index (χ0) is 14.5. The van der Waals surface area contributed by atoms with Crippen LogP contribution < -0.4 is 14.8 Å². The molecule has 0 radical (unpaired) electrons. The zero-order valence-corrected chi connectivity index (χ0v) is 12.3. The lowest BCUT2D eigenvalue weighted by molar-refractivity contribution is 0.296. The third-order valence-corrected chi connectivity index (χ3v) is 3.47. The number of hydrogen-bond donors (Lipinski definition) is 1. The van der Waals surface area contributed by atoms with Gasteiger partial charge < -0.3 is 14.8 Å². The van der Waals surface area contributed by atoms with Crippen LogP contribution in [0.25, 0.3) is 0 Å². The summed E-state index contributed by atoms with van der Waals surface area (Å²) in [7, 11) is 0. The Morgan fingerprint density at radius 1 is 1.10 bits per heavy atom. The van der Waals surface area contributed by atoms with E-state index in [1.165, 1.54) is 5.56 Å². The standard InChI is InChI=1S/C17H20N2O2/c1-13-6-7-14(11-19-13)10-18-12-15-4-2-5-16-17(15)21-9-3-8-20-16/h2,4-7,11,18H,3,8-10,12H2,1H3. The van der Waals surface area contributed by atoms with E-state index in [1.54, 1.807) is 0 Å². The first kappa shape index (κ1) is 13.9. The predicted octanol–water partition coefficient (Wildman–Crippen LogP) is 2.84. The fourth-order valence-corrected chi connectivity index (χ4v) is 2.34. The molecule has 3 rings (SSSR count). The Balaban J connectivity index is 1.64. The number of benzene rings is 1. The quantitative estimate of drug-likeness (QED) is 0.937. The molecule has 0 amide bonds. The minimum Gasteiger partial charge on any atom is -0.490 e. The van der Waals surface area contributed by atoms with E-state index in [4.69, 9.17) is 9.47 Å². The molecule has 0 fully saturated rings. The SMILES string of the molecule is Cc1ccc(CNCc2cccc3c2OCCCO3)cn1. The van der Waals surface area contributed by atoms with Gasteiger partial charge in [-0.3, -0.25) is 4.98 Å². The second-order valence-corrected chi connectivity index (χ2v) is 5.21. The fraction of sp³-hybridized carbons (Fsp3) is 0.353. The lowest BCUT2D eigenvalue weighted by Crippen LogP contribution is -2.14. The summed E-state index contributed by atoms with van der Waals surface area (Å²) in [6, 6.07) is 10.2. The Morgan fingerprint density at radius 2 is 2.00 bits per heavy atom. The number of nitrogens with one attached hydrogen (secondary N) is 1. The average Bonchev–Trinajstić information content (AvgIpc) is 2.75. The monoisotopic (exact) mass is 284 g/mol. The molecule has 1 N–H and O–H groups in total. The Bertz CT molecular complexity index is 596. The van der Waals surface area contributed by atoms with Crippen LogP contribution in [0.5, 0.6) is 11.5 Å². The third kappa shape index (κ3) is 3.52. The van der Waals surface area contributed by atoms with Crippen molar-refractivity contribution in [3.05, 3.63) is 53.3 Å². The molecule has 4 heteroatoms. The van der Waals surface area contributed by atoms with E-state index in [1.807, 2.05) is 31.3 Å². The molecule has 0 saturated carbocycles. The summed E-state index contributed by atoms with van der Waals surface area (Å²) in [6.07, 6.45) is 2.84. The van der Waals surface area contributed by atoms with Crippen LogP contribution in [0, 0.1) is 6.92 Å². The largest absolute Gasteiger partial charge is 0.490 e. The van der Waals surface area contributed by atoms with Gasteiger partial charge in [0, 0.05) is 37.0 Å². The Hall–Kier alpha value is -2.07. The van der Waals surface area contributed by atoms with Crippen molar-refractivity contribution in [2.24, 2.45) is 0 Å². The second-order valence-electron chi connectivity index (χ2n) is 5.21. The van der Waals surface area contributed by atoms with Gasteiger partial charge in [-0.25, -0.2) is 0 Å². The summed E-state index contributed by atoms with van der Waals surface area (Å²) in [5, 5.41) is 3.43. The summed E-state index contributed by atoms with van der Waals surface area (Å²) < 4.78 is 11.5. The molecule has 1 aromatic carbocycles. The third-order valence-electron chi connectivity index (χ3n) is 3.47. The molecule has 2 aromatic rings. The number of nitrogens with zero attached hydrogens (tertiary/aromatic N) is 1. The van der Waals surface area contributed by atoms with Gasteiger partial charge >= 0.3 is 0 Å². The molecular weight excluding hydrogens is 264 g/mol. The van der Waals surface area contributed by atoms with Crippen LogP contribution in [0.4, 0.5) is 0 Å².